The summed E-state index contributed by atoms with van der Waals surface area (Å²) in [6.07, 6.45) is 3.93. The topological polar surface area (TPSA) is 66.6 Å². The Morgan fingerprint density at radius 3 is 2.95 bits per heavy atom. The van der Waals surface area contributed by atoms with Crippen molar-refractivity contribution in [3.05, 3.63) is 28.8 Å². The zero-order valence-electron chi connectivity index (χ0n) is 10.8. The SMILES string of the molecule is Nc1ccc(Cl)cc1C(=O)N1CCCCCC1CO. The van der Waals surface area contributed by atoms with Crippen LogP contribution in [0, 0.1) is 0 Å². The number of aliphatic hydroxyl groups is 1. The molecule has 4 nitrogen and oxygen atoms in total. The van der Waals surface area contributed by atoms with Gasteiger partial charge in [0.25, 0.3) is 5.91 Å². The first-order chi connectivity index (χ1) is 9.13. The lowest BCUT2D eigenvalue weighted by Crippen LogP contribution is -2.42. The summed E-state index contributed by atoms with van der Waals surface area (Å²) in [5, 5.41) is 9.95. The molecule has 0 aromatic heterocycles. The second-order valence-electron chi connectivity index (χ2n) is 4.92. The molecule has 5 heteroatoms. The third-order valence-corrected chi connectivity index (χ3v) is 3.83. The van der Waals surface area contributed by atoms with Crippen molar-refractivity contribution < 1.29 is 9.90 Å². The maximum Gasteiger partial charge on any atom is 0.256 e. The van der Waals surface area contributed by atoms with Crippen LogP contribution in [0.4, 0.5) is 5.69 Å². The zero-order valence-corrected chi connectivity index (χ0v) is 11.6. The van der Waals surface area contributed by atoms with Gasteiger partial charge < -0.3 is 15.7 Å². The van der Waals surface area contributed by atoms with E-state index in [0.29, 0.717) is 22.8 Å². The summed E-state index contributed by atoms with van der Waals surface area (Å²) >= 11 is 5.93. The van der Waals surface area contributed by atoms with Crippen LogP contribution in [0.1, 0.15) is 36.0 Å². The smallest absolute Gasteiger partial charge is 0.256 e. The van der Waals surface area contributed by atoms with Crippen molar-refractivity contribution in [2.75, 3.05) is 18.9 Å². The molecular weight excluding hydrogens is 264 g/mol. The normalized spacial score (nSPS) is 20.1. The lowest BCUT2D eigenvalue weighted by molar-refractivity contribution is 0.0601. The fourth-order valence-electron chi connectivity index (χ4n) is 2.50. The molecule has 1 aromatic rings. The van der Waals surface area contributed by atoms with Crippen molar-refractivity contribution in [3.63, 3.8) is 0 Å². The van der Waals surface area contributed by atoms with Gasteiger partial charge in [0.15, 0.2) is 0 Å². The average molecular weight is 283 g/mol. The summed E-state index contributed by atoms with van der Waals surface area (Å²) in [7, 11) is 0. The lowest BCUT2D eigenvalue weighted by atomic mass is 10.1. The second kappa shape index (κ2) is 6.26. The van der Waals surface area contributed by atoms with Gasteiger partial charge in [-0.1, -0.05) is 24.4 Å². The number of likely N-dealkylation sites (tertiary alicyclic amines) is 1. The van der Waals surface area contributed by atoms with Crippen molar-refractivity contribution in [1.82, 2.24) is 4.90 Å². The van der Waals surface area contributed by atoms with Crippen molar-refractivity contribution >= 4 is 23.2 Å². The highest BCUT2D eigenvalue weighted by atomic mass is 35.5. The first-order valence-corrected chi connectivity index (χ1v) is 6.98. The van der Waals surface area contributed by atoms with E-state index in [1.54, 1.807) is 23.1 Å². The van der Waals surface area contributed by atoms with E-state index in [2.05, 4.69) is 0 Å². The van der Waals surface area contributed by atoms with Gasteiger partial charge >= 0.3 is 0 Å². The van der Waals surface area contributed by atoms with E-state index in [1.165, 1.54) is 0 Å². The summed E-state index contributed by atoms with van der Waals surface area (Å²) in [6, 6.07) is 4.79. The Hall–Kier alpha value is -1.26. The summed E-state index contributed by atoms with van der Waals surface area (Å²) < 4.78 is 0. The number of hydrogen-bond acceptors (Lipinski definition) is 3. The molecule has 0 saturated carbocycles. The number of halogens is 1. The minimum absolute atomic E-state index is 0.00773. The molecule has 0 bridgehead atoms. The highest BCUT2D eigenvalue weighted by Gasteiger charge is 2.26. The Balaban J connectivity index is 2.27. The van der Waals surface area contributed by atoms with Gasteiger partial charge in [-0.15, -0.1) is 0 Å². The van der Waals surface area contributed by atoms with E-state index in [4.69, 9.17) is 17.3 Å². The Morgan fingerprint density at radius 1 is 1.42 bits per heavy atom. The quantitative estimate of drug-likeness (QED) is 0.818. The molecule has 1 heterocycles. The Morgan fingerprint density at radius 2 is 2.21 bits per heavy atom. The molecule has 1 fully saturated rings. The highest BCUT2D eigenvalue weighted by molar-refractivity contribution is 6.31. The molecule has 3 N–H and O–H groups in total. The Labute approximate surface area is 118 Å². The van der Waals surface area contributed by atoms with Crippen LogP contribution < -0.4 is 5.73 Å². The van der Waals surface area contributed by atoms with Gasteiger partial charge in [0.05, 0.1) is 18.2 Å². The first-order valence-electron chi connectivity index (χ1n) is 6.60. The number of carbonyl (C=O) groups is 1. The van der Waals surface area contributed by atoms with E-state index in [9.17, 15) is 9.90 Å². The van der Waals surface area contributed by atoms with Gasteiger partial charge in [-0.25, -0.2) is 0 Å². The number of aliphatic hydroxyl groups excluding tert-OH is 1. The number of rotatable bonds is 2. The van der Waals surface area contributed by atoms with Gasteiger partial charge in [-0.05, 0) is 31.0 Å². The maximum absolute atomic E-state index is 12.6. The van der Waals surface area contributed by atoms with Gasteiger partial charge in [-0.2, -0.15) is 0 Å². The third-order valence-electron chi connectivity index (χ3n) is 3.59. The molecule has 19 heavy (non-hydrogen) atoms. The van der Waals surface area contributed by atoms with Crippen LogP contribution in [0.3, 0.4) is 0 Å². The third kappa shape index (κ3) is 3.19. The van der Waals surface area contributed by atoms with E-state index in [-0.39, 0.29) is 18.6 Å². The van der Waals surface area contributed by atoms with E-state index in [1.807, 2.05) is 0 Å². The molecule has 0 spiro atoms. The Bertz CT molecular complexity index is 465. The van der Waals surface area contributed by atoms with Crippen LogP contribution in [-0.4, -0.2) is 35.1 Å². The molecule has 1 aliphatic rings. The molecule has 1 atom stereocenters. The van der Waals surface area contributed by atoms with Gasteiger partial charge in [0.2, 0.25) is 0 Å². The van der Waals surface area contributed by atoms with Gasteiger partial charge in [-0.3, -0.25) is 4.79 Å². The summed E-state index contributed by atoms with van der Waals surface area (Å²) in [5.74, 6) is -0.138. The molecule has 0 radical (unpaired) electrons. The molecule has 104 valence electrons. The molecule has 1 saturated heterocycles. The van der Waals surface area contributed by atoms with Crippen molar-refractivity contribution in [1.29, 1.82) is 0 Å². The summed E-state index contributed by atoms with van der Waals surface area (Å²) in [5.41, 5.74) is 6.70. The second-order valence-corrected chi connectivity index (χ2v) is 5.35. The van der Waals surface area contributed by atoms with E-state index < -0.39 is 0 Å². The monoisotopic (exact) mass is 282 g/mol. The average Bonchev–Trinajstić information content (AvgIpc) is 2.65. The van der Waals surface area contributed by atoms with Gasteiger partial charge in [0.1, 0.15) is 0 Å². The molecular formula is C14H19ClN2O2. The molecule has 0 aliphatic carbocycles. The van der Waals surface area contributed by atoms with Crippen LogP contribution in [0.15, 0.2) is 18.2 Å². The van der Waals surface area contributed by atoms with Crippen molar-refractivity contribution in [2.24, 2.45) is 0 Å². The molecule has 1 amide bonds. The number of amides is 1. The lowest BCUT2D eigenvalue weighted by Gasteiger charge is -2.29. The van der Waals surface area contributed by atoms with Crippen molar-refractivity contribution in [3.8, 4) is 0 Å². The molecule has 1 unspecified atom stereocenters. The molecule has 1 aromatic carbocycles. The number of benzene rings is 1. The van der Waals surface area contributed by atoms with E-state index >= 15 is 0 Å². The minimum Gasteiger partial charge on any atom is -0.398 e. The predicted molar refractivity (Wildman–Crippen MR) is 76.2 cm³/mol. The fraction of sp³-hybridized carbons (Fsp3) is 0.500. The van der Waals surface area contributed by atoms with Crippen LogP contribution in [0.2, 0.25) is 5.02 Å². The predicted octanol–water partition coefficient (Wildman–Crippen LogP) is 2.30. The highest BCUT2D eigenvalue weighted by Crippen LogP contribution is 2.23. The number of nitrogen functional groups attached to an aromatic ring is 1. The summed E-state index contributed by atoms with van der Waals surface area (Å²) in [6.45, 7) is 0.655. The number of anilines is 1. The fourth-order valence-corrected chi connectivity index (χ4v) is 2.68. The largest absolute Gasteiger partial charge is 0.398 e. The maximum atomic E-state index is 12.6. The number of hydrogen-bond donors (Lipinski definition) is 2. The summed E-state index contributed by atoms with van der Waals surface area (Å²) in [4.78, 5) is 14.3. The van der Waals surface area contributed by atoms with Crippen LogP contribution >= 0.6 is 11.6 Å². The molecule has 2 rings (SSSR count). The molecule has 1 aliphatic heterocycles. The minimum atomic E-state index is -0.138. The zero-order chi connectivity index (χ0) is 13.8. The van der Waals surface area contributed by atoms with Crippen LogP contribution in [-0.2, 0) is 0 Å². The first kappa shape index (κ1) is 14.2. The van der Waals surface area contributed by atoms with Crippen LogP contribution in [0.5, 0.6) is 0 Å². The number of nitrogens with two attached hydrogens (primary N) is 1. The Kier molecular flexibility index (Phi) is 4.66. The number of carbonyl (C=O) groups excluding carboxylic acids is 1. The van der Waals surface area contributed by atoms with Gasteiger partial charge in [0, 0.05) is 17.3 Å². The van der Waals surface area contributed by atoms with Crippen LogP contribution in [0.25, 0.3) is 0 Å². The standard InChI is InChI=1S/C14H19ClN2O2/c15-10-5-6-13(16)12(8-10)14(19)17-7-3-1-2-4-11(17)9-18/h5-6,8,11,18H,1-4,7,9,16H2. The van der Waals surface area contributed by atoms with E-state index in [0.717, 1.165) is 25.7 Å². The number of nitrogens with zero attached hydrogens (tertiary/aromatic N) is 1. The van der Waals surface area contributed by atoms with Crippen molar-refractivity contribution in [2.45, 2.75) is 31.7 Å².